The van der Waals surface area contributed by atoms with Crippen LogP contribution in [-0.4, -0.2) is 24.5 Å². The van der Waals surface area contributed by atoms with Crippen LogP contribution in [0.5, 0.6) is 0 Å². The lowest BCUT2D eigenvalue weighted by atomic mass is 10.1. The predicted molar refractivity (Wildman–Crippen MR) is 32.0 cm³/mol. The number of ketones is 1. The fourth-order valence-corrected chi connectivity index (χ4v) is 1.00. The van der Waals surface area contributed by atoms with Crippen molar-refractivity contribution in [2.75, 3.05) is 6.54 Å². The monoisotopic (exact) mass is 131 g/mol. The van der Waals surface area contributed by atoms with Gasteiger partial charge in [-0.05, 0) is 6.92 Å². The quantitative estimate of drug-likeness (QED) is 0.553. The molecule has 0 aromatic carbocycles. The average Bonchev–Trinajstić information content (AvgIpc) is 2.14. The first-order valence-electron chi connectivity index (χ1n) is 3.08. The fraction of sp³-hybridized carbons (Fsp3) is 0.833. The third kappa shape index (κ3) is 1.48. The van der Waals surface area contributed by atoms with E-state index in [0.29, 0.717) is 13.0 Å². The molecule has 1 unspecified atom stereocenters. The molecule has 3 heteroatoms. The van der Waals surface area contributed by atoms with Crippen molar-refractivity contribution in [1.82, 2.24) is 5.32 Å². The maximum absolute atomic E-state index is 12.3. The minimum Gasteiger partial charge on any atom is -0.304 e. The van der Waals surface area contributed by atoms with E-state index >= 15 is 0 Å². The molecule has 9 heavy (non-hydrogen) atoms. The van der Waals surface area contributed by atoms with E-state index in [-0.39, 0.29) is 11.8 Å². The molecule has 1 heterocycles. The summed E-state index contributed by atoms with van der Waals surface area (Å²) in [6, 6.07) is -0.222. The molecular formula is C6H10FNO. The number of Topliss-reactive ketones (excluding diaryl/α,β-unsaturated/α-hetero) is 1. The van der Waals surface area contributed by atoms with E-state index < -0.39 is 6.17 Å². The van der Waals surface area contributed by atoms with Gasteiger partial charge in [0.25, 0.3) is 0 Å². The van der Waals surface area contributed by atoms with Crippen molar-refractivity contribution in [3.63, 3.8) is 0 Å². The number of rotatable bonds is 1. The first-order valence-corrected chi connectivity index (χ1v) is 3.08. The van der Waals surface area contributed by atoms with E-state index in [1.807, 2.05) is 0 Å². The molecule has 1 saturated heterocycles. The maximum Gasteiger partial charge on any atom is 0.146 e. The second kappa shape index (κ2) is 2.43. The zero-order chi connectivity index (χ0) is 6.85. The van der Waals surface area contributed by atoms with Crippen LogP contribution in [0.4, 0.5) is 4.39 Å². The molecule has 0 aliphatic carbocycles. The van der Waals surface area contributed by atoms with Gasteiger partial charge in [0.1, 0.15) is 12.0 Å². The molecular weight excluding hydrogens is 121 g/mol. The lowest BCUT2D eigenvalue weighted by Crippen LogP contribution is -2.28. The Labute approximate surface area is 53.4 Å². The van der Waals surface area contributed by atoms with Crippen LogP contribution >= 0.6 is 0 Å². The molecule has 0 bridgehead atoms. The van der Waals surface area contributed by atoms with Crippen LogP contribution in [0.25, 0.3) is 0 Å². The first-order chi connectivity index (χ1) is 4.20. The molecule has 2 nitrogen and oxygen atoms in total. The average molecular weight is 131 g/mol. The number of carbonyl (C=O) groups excluding carboxylic acids is 1. The fourth-order valence-electron chi connectivity index (χ4n) is 1.00. The normalized spacial score (nSPS) is 34.9. The topological polar surface area (TPSA) is 29.1 Å². The number of nitrogens with one attached hydrogen (secondary N) is 1. The zero-order valence-electron chi connectivity index (χ0n) is 5.36. The van der Waals surface area contributed by atoms with Crippen LogP contribution in [0, 0.1) is 0 Å². The van der Waals surface area contributed by atoms with Gasteiger partial charge in [0, 0.05) is 13.0 Å². The maximum atomic E-state index is 12.3. The van der Waals surface area contributed by atoms with E-state index in [0.717, 1.165) is 0 Å². The molecule has 0 radical (unpaired) electrons. The number of hydrogen-bond acceptors (Lipinski definition) is 2. The van der Waals surface area contributed by atoms with Gasteiger partial charge in [0.05, 0.1) is 6.04 Å². The minimum absolute atomic E-state index is 0.0372. The summed E-state index contributed by atoms with van der Waals surface area (Å²) in [7, 11) is 0. The SMILES string of the molecule is CC(=O)[C@@H]1CC(F)CN1. The molecule has 1 N–H and O–H groups in total. The van der Waals surface area contributed by atoms with Gasteiger partial charge in [-0.25, -0.2) is 4.39 Å². The summed E-state index contributed by atoms with van der Waals surface area (Å²) in [6.45, 7) is 1.82. The van der Waals surface area contributed by atoms with Crippen LogP contribution in [0.2, 0.25) is 0 Å². The van der Waals surface area contributed by atoms with E-state index in [2.05, 4.69) is 5.32 Å². The summed E-state index contributed by atoms with van der Waals surface area (Å²) in [5.41, 5.74) is 0. The smallest absolute Gasteiger partial charge is 0.146 e. The molecule has 0 spiro atoms. The summed E-state index contributed by atoms with van der Waals surface area (Å²) >= 11 is 0. The minimum atomic E-state index is -0.820. The molecule has 0 saturated carbocycles. The molecule has 1 aliphatic rings. The molecule has 1 rings (SSSR count). The Hall–Kier alpha value is -0.440. The lowest BCUT2D eigenvalue weighted by molar-refractivity contribution is -0.118. The van der Waals surface area contributed by atoms with Gasteiger partial charge >= 0.3 is 0 Å². The molecule has 52 valence electrons. The standard InChI is InChI=1S/C6H10FNO/c1-4(9)6-2-5(7)3-8-6/h5-6,8H,2-3H2,1H3/t5?,6-/m0/s1. The summed E-state index contributed by atoms with van der Waals surface area (Å²) in [4.78, 5) is 10.6. The summed E-state index contributed by atoms with van der Waals surface area (Å²) in [6.07, 6.45) is -0.464. The highest BCUT2D eigenvalue weighted by Crippen LogP contribution is 2.09. The Balaban J connectivity index is 2.39. The van der Waals surface area contributed by atoms with Crippen molar-refractivity contribution in [1.29, 1.82) is 0 Å². The number of carbonyl (C=O) groups is 1. The number of hydrogen-bond donors (Lipinski definition) is 1. The second-order valence-corrected chi connectivity index (χ2v) is 2.40. The Morgan fingerprint density at radius 3 is 2.67 bits per heavy atom. The van der Waals surface area contributed by atoms with Gasteiger partial charge < -0.3 is 5.32 Å². The largest absolute Gasteiger partial charge is 0.304 e. The van der Waals surface area contributed by atoms with Crippen molar-refractivity contribution in [2.24, 2.45) is 0 Å². The van der Waals surface area contributed by atoms with Crippen molar-refractivity contribution in [2.45, 2.75) is 25.6 Å². The highest BCUT2D eigenvalue weighted by Gasteiger charge is 2.26. The third-order valence-electron chi connectivity index (χ3n) is 1.57. The van der Waals surface area contributed by atoms with Crippen molar-refractivity contribution >= 4 is 5.78 Å². The molecule has 0 amide bonds. The summed E-state index contributed by atoms with van der Waals surface area (Å²) in [5.74, 6) is 0.0372. The van der Waals surface area contributed by atoms with Gasteiger partial charge in [0.2, 0.25) is 0 Å². The zero-order valence-corrected chi connectivity index (χ0v) is 5.36. The molecule has 2 atom stereocenters. The van der Waals surface area contributed by atoms with Crippen LogP contribution < -0.4 is 5.32 Å². The molecule has 1 aliphatic heterocycles. The van der Waals surface area contributed by atoms with Crippen LogP contribution in [0.3, 0.4) is 0 Å². The van der Waals surface area contributed by atoms with Gasteiger partial charge in [-0.2, -0.15) is 0 Å². The van der Waals surface area contributed by atoms with Gasteiger partial charge in [-0.15, -0.1) is 0 Å². The molecule has 1 fully saturated rings. The molecule has 0 aromatic heterocycles. The summed E-state index contributed by atoms with van der Waals surface area (Å²) in [5, 5.41) is 2.78. The highest BCUT2D eigenvalue weighted by atomic mass is 19.1. The van der Waals surface area contributed by atoms with E-state index in [1.54, 1.807) is 0 Å². The van der Waals surface area contributed by atoms with Gasteiger partial charge in [-0.1, -0.05) is 0 Å². The highest BCUT2D eigenvalue weighted by molar-refractivity contribution is 5.81. The third-order valence-corrected chi connectivity index (χ3v) is 1.57. The Kier molecular flexibility index (Phi) is 1.81. The summed E-state index contributed by atoms with van der Waals surface area (Å²) < 4.78 is 12.3. The first kappa shape index (κ1) is 6.68. The second-order valence-electron chi connectivity index (χ2n) is 2.40. The van der Waals surface area contributed by atoms with E-state index in [4.69, 9.17) is 0 Å². The van der Waals surface area contributed by atoms with E-state index in [9.17, 15) is 9.18 Å². The van der Waals surface area contributed by atoms with Crippen LogP contribution in [0.15, 0.2) is 0 Å². The van der Waals surface area contributed by atoms with Crippen molar-refractivity contribution in [3.05, 3.63) is 0 Å². The van der Waals surface area contributed by atoms with Crippen molar-refractivity contribution in [3.8, 4) is 0 Å². The number of alkyl halides is 1. The Morgan fingerprint density at radius 1 is 1.78 bits per heavy atom. The molecule has 0 aromatic rings. The van der Waals surface area contributed by atoms with Crippen LogP contribution in [0.1, 0.15) is 13.3 Å². The predicted octanol–water partition coefficient (Wildman–Crippen LogP) is 0.275. The van der Waals surface area contributed by atoms with E-state index in [1.165, 1.54) is 6.92 Å². The van der Waals surface area contributed by atoms with Gasteiger partial charge in [-0.3, -0.25) is 4.79 Å². The Bertz CT molecular complexity index is 126. The van der Waals surface area contributed by atoms with Crippen molar-refractivity contribution < 1.29 is 9.18 Å². The lowest BCUT2D eigenvalue weighted by Gasteiger charge is -2.01. The van der Waals surface area contributed by atoms with Gasteiger partial charge in [0.15, 0.2) is 0 Å². The number of halogens is 1. The van der Waals surface area contributed by atoms with Crippen LogP contribution in [-0.2, 0) is 4.79 Å². The Morgan fingerprint density at radius 2 is 2.44 bits per heavy atom.